The van der Waals surface area contributed by atoms with Crippen LogP contribution in [0.4, 0.5) is 15.8 Å². The summed E-state index contributed by atoms with van der Waals surface area (Å²) in [5.41, 5.74) is 4.28. The summed E-state index contributed by atoms with van der Waals surface area (Å²) in [5.74, 6) is 1.54. The third-order valence-corrected chi connectivity index (χ3v) is 6.87. The van der Waals surface area contributed by atoms with Gasteiger partial charge in [-0.1, -0.05) is 36.8 Å². The van der Waals surface area contributed by atoms with Crippen LogP contribution < -0.4 is 14.4 Å². The molecule has 1 atom stereocenters. The molecule has 1 unspecified atom stereocenters. The second-order valence-corrected chi connectivity index (χ2v) is 8.92. The molecule has 1 fully saturated rings. The van der Waals surface area contributed by atoms with Crippen LogP contribution in [0, 0.1) is 5.82 Å². The van der Waals surface area contributed by atoms with Crippen molar-refractivity contribution < 1.29 is 13.9 Å². The first-order valence-corrected chi connectivity index (χ1v) is 11.9. The summed E-state index contributed by atoms with van der Waals surface area (Å²) in [6.07, 6.45) is 4.61. The van der Waals surface area contributed by atoms with Crippen molar-refractivity contribution in [3.05, 3.63) is 83.7 Å². The molecule has 2 aliphatic rings. The maximum absolute atomic E-state index is 14.3. The highest BCUT2D eigenvalue weighted by Crippen LogP contribution is 2.40. The standard InChI is InChI=1S/C28H31FN2O2.ClH/c1-32-25-13-9-21(10-14-25)15-17-30-16-5-4-6-24(30)19-31-26-7-2-3-8-28(26)33-20-22-11-12-23(29)18-27(22)31;/h2-3,7-14,18,24H,4-6,15-17,19-20H2,1H3;1H. The molecule has 0 aliphatic carbocycles. The van der Waals surface area contributed by atoms with Crippen molar-refractivity contribution in [1.82, 2.24) is 4.90 Å². The fraction of sp³-hybridized carbons (Fsp3) is 0.357. The van der Waals surface area contributed by atoms with E-state index >= 15 is 0 Å². The van der Waals surface area contributed by atoms with Crippen LogP contribution in [0.15, 0.2) is 66.7 Å². The van der Waals surface area contributed by atoms with Gasteiger partial charge in [0, 0.05) is 24.7 Å². The lowest BCUT2D eigenvalue weighted by molar-refractivity contribution is 0.154. The fourth-order valence-electron chi connectivity index (χ4n) is 5.03. The van der Waals surface area contributed by atoms with Crippen molar-refractivity contribution in [3.63, 3.8) is 0 Å². The van der Waals surface area contributed by atoms with Gasteiger partial charge in [-0.3, -0.25) is 4.90 Å². The molecular formula is C28H32ClFN2O2. The number of halogens is 2. The van der Waals surface area contributed by atoms with Gasteiger partial charge in [-0.05, 0) is 67.8 Å². The SMILES string of the molecule is COc1ccc(CCN2CCCCC2CN2c3cc(F)ccc3COc3ccccc32)cc1.Cl. The molecule has 3 aromatic carbocycles. The number of piperidine rings is 1. The Bertz CT molecular complexity index is 1090. The lowest BCUT2D eigenvalue weighted by Gasteiger charge is -2.39. The smallest absolute Gasteiger partial charge is 0.143 e. The van der Waals surface area contributed by atoms with Crippen LogP contribution in [-0.4, -0.2) is 37.7 Å². The Kier molecular flexibility index (Phi) is 7.96. The number of methoxy groups -OCH3 is 1. The third kappa shape index (κ3) is 5.31. The van der Waals surface area contributed by atoms with Crippen LogP contribution in [-0.2, 0) is 13.0 Å². The summed E-state index contributed by atoms with van der Waals surface area (Å²) in [4.78, 5) is 4.89. The molecule has 1 saturated heterocycles. The van der Waals surface area contributed by atoms with Gasteiger partial charge in [0.1, 0.15) is 23.9 Å². The van der Waals surface area contributed by atoms with Crippen molar-refractivity contribution in [2.24, 2.45) is 0 Å². The molecular weight excluding hydrogens is 451 g/mol. The number of benzene rings is 3. The predicted molar refractivity (Wildman–Crippen MR) is 137 cm³/mol. The summed E-state index contributed by atoms with van der Waals surface area (Å²) in [5, 5.41) is 0. The Morgan fingerprint density at radius 1 is 1.00 bits per heavy atom. The van der Waals surface area contributed by atoms with E-state index in [9.17, 15) is 4.39 Å². The molecule has 0 spiro atoms. The van der Waals surface area contributed by atoms with Crippen LogP contribution in [0.2, 0.25) is 0 Å². The fourth-order valence-corrected chi connectivity index (χ4v) is 5.03. The van der Waals surface area contributed by atoms with Crippen LogP contribution in [0.25, 0.3) is 0 Å². The monoisotopic (exact) mass is 482 g/mol. The van der Waals surface area contributed by atoms with E-state index in [-0.39, 0.29) is 18.2 Å². The molecule has 2 heterocycles. The molecule has 0 aromatic heterocycles. The number of para-hydroxylation sites is 2. The number of hydrogen-bond acceptors (Lipinski definition) is 4. The maximum Gasteiger partial charge on any atom is 0.143 e. The highest BCUT2D eigenvalue weighted by atomic mass is 35.5. The lowest BCUT2D eigenvalue weighted by Crippen LogP contribution is -2.46. The van der Waals surface area contributed by atoms with Gasteiger partial charge in [0.15, 0.2) is 0 Å². The largest absolute Gasteiger partial charge is 0.497 e. The quantitative estimate of drug-likeness (QED) is 0.406. The minimum Gasteiger partial charge on any atom is -0.497 e. The average Bonchev–Trinajstić information content (AvgIpc) is 3.01. The molecule has 0 bridgehead atoms. The molecule has 0 amide bonds. The van der Waals surface area contributed by atoms with E-state index in [1.54, 1.807) is 13.2 Å². The van der Waals surface area contributed by atoms with Gasteiger partial charge >= 0.3 is 0 Å². The van der Waals surface area contributed by atoms with Crippen molar-refractivity contribution in [2.45, 2.75) is 38.3 Å². The molecule has 6 heteroatoms. The Morgan fingerprint density at radius 2 is 1.82 bits per heavy atom. The second kappa shape index (κ2) is 11.1. The molecule has 0 saturated carbocycles. The van der Waals surface area contributed by atoms with E-state index in [0.717, 1.165) is 60.9 Å². The average molecular weight is 483 g/mol. The highest BCUT2D eigenvalue weighted by molar-refractivity contribution is 5.85. The van der Waals surface area contributed by atoms with Crippen molar-refractivity contribution >= 4 is 23.8 Å². The second-order valence-electron chi connectivity index (χ2n) is 8.92. The zero-order chi connectivity index (χ0) is 22.6. The van der Waals surface area contributed by atoms with Crippen molar-refractivity contribution in [1.29, 1.82) is 0 Å². The summed E-state index contributed by atoms with van der Waals surface area (Å²) >= 11 is 0. The first-order chi connectivity index (χ1) is 16.2. The van der Waals surface area contributed by atoms with E-state index in [2.05, 4.69) is 28.0 Å². The zero-order valence-electron chi connectivity index (χ0n) is 19.6. The minimum atomic E-state index is -0.210. The van der Waals surface area contributed by atoms with E-state index in [4.69, 9.17) is 9.47 Å². The van der Waals surface area contributed by atoms with E-state index < -0.39 is 0 Å². The third-order valence-electron chi connectivity index (χ3n) is 6.87. The zero-order valence-corrected chi connectivity index (χ0v) is 20.4. The predicted octanol–water partition coefficient (Wildman–Crippen LogP) is 6.38. The Hall–Kier alpha value is -2.76. The summed E-state index contributed by atoms with van der Waals surface area (Å²) in [6.45, 7) is 3.39. The van der Waals surface area contributed by atoms with E-state index in [0.29, 0.717) is 12.6 Å². The summed E-state index contributed by atoms with van der Waals surface area (Å²) in [6, 6.07) is 21.9. The maximum atomic E-state index is 14.3. The van der Waals surface area contributed by atoms with Gasteiger partial charge in [0.05, 0.1) is 18.5 Å². The first kappa shape index (κ1) is 24.4. The number of ether oxygens (including phenoxy) is 2. The van der Waals surface area contributed by atoms with Crippen LogP contribution in [0.5, 0.6) is 11.5 Å². The number of hydrogen-bond donors (Lipinski definition) is 0. The molecule has 4 nitrogen and oxygen atoms in total. The number of nitrogens with zero attached hydrogens (tertiary/aromatic N) is 2. The van der Waals surface area contributed by atoms with E-state index in [1.807, 2.05) is 36.4 Å². The highest BCUT2D eigenvalue weighted by Gasteiger charge is 2.29. The molecule has 34 heavy (non-hydrogen) atoms. The molecule has 180 valence electrons. The Balaban J connectivity index is 0.00000274. The molecule has 5 rings (SSSR count). The van der Waals surface area contributed by atoms with Crippen molar-refractivity contribution in [3.8, 4) is 11.5 Å². The molecule has 2 aliphatic heterocycles. The number of anilines is 2. The topological polar surface area (TPSA) is 24.9 Å². The Morgan fingerprint density at radius 3 is 2.65 bits per heavy atom. The van der Waals surface area contributed by atoms with Crippen molar-refractivity contribution in [2.75, 3.05) is 31.6 Å². The van der Waals surface area contributed by atoms with Gasteiger partial charge in [-0.15, -0.1) is 12.4 Å². The lowest BCUT2D eigenvalue weighted by atomic mass is 9.99. The van der Waals surface area contributed by atoms with Crippen LogP contribution in [0.3, 0.4) is 0 Å². The van der Waals surface area contributed by atoms with Gasteiger partial charge in [-0.25, -0.2) is 4.39 Å². The van der Waals surface area contributed by atoms with Crippen LogP contribution >= 0.6 is 12.4 Å². The van der Waals surface area contributed by atoms with Gasteiger partial charge in [-0.2, -0.15) is 0 Å². The minimum absolute atomic E-state index is 0. The van der Waals surface area contributed by atoms with Gasteiger partial charge in [0.25, 0.3) is 0 Å². The van der Waals surface area contributed by atoms with E-state index in [1.165, 1.54) is 24.5 Å². The molecule has 0 N–H and O–H groups in total. The first-order valence-electron chi connectivity index (χ1n) is 11.9. The summed E-state index contributed by atoms with van der Waals surface area (Å²) < 4.78 is 25.7. The van der Waals surface area contributed by atoms with Gasteiger partial charge in [0.2, 0.25) is 0 Å². The van der Waals surface area contributed by atoms with Crippen LogP contribution in [0.1, 0.15) is 30.4 Å². The number of likely N-dealkylation sites (tertiary alicyclic amines) is 1. The number of fused-ring (bicyclic) bond motifs is 2. The number of rotatable bonds is 6. The van der Waals surface area contributed by atoms with Gasteiger partial charge < -0.3 is 14.4 Å². The summed E-state index contributed by atoms with van der Waals surface area (Å²) in [7, 11) is 1.70. The Labute approximate surface area is 207 Å². The molecule has 3 aromatic rings. The molecule has 0 radical (unpaired) electrons. The normalized spacial score (nSPS) is 17.6.